The molecule has 26 heavy (non-hydrogen) atoms. The molecule has 134 valence electrons. The van der Waals surface area contributed by atoms with Crippen LogP contribution in [0.25, 0.3) is 22.2 Å². The van der Waals surface area contributed by atoms with Gasteiger partial charge in [0, 0.05) is 50.7 Å². The van der Waals surface area contributed by atoms with E-state index in [1.54, 1.807) is 17.2 Å². The zero-order valence-corrected chi connectivity index (χ0v) is 14.9. The van der Waals surface area contributed by atoms with E-state index in [-0.39, 0.29) is 5.43 Å². The number of anilines is 2. The van der Waals surface area contributed by atoms with Crippen LogP contribution in [0, 0.1) is 0 Å². The van der Waals surface area contributed by atoms with Gasteiger partial charge in [-0.1, -0.05) is 12.1 Å². The molecule has 1 aliphatic heterocycles. The minimum atomic E-state index is -0.0662. The SMILES string of the molecule is CN(C)c1cc(=O)c2ccnc(-c3ccc(N4CCOCC4)cc3)c2o1. The van der Waals surface area contributed by atoms with E-state index in [9.17, 15) is 4.79 Å². The third kappa shape index (κ3) is 3.04. The number of aromatic nitrogens is 1. The fourth-order valence-corrected chi connectivity index (χ4v) is 3.15. The zero-order chi connectivity index (χ0) is 18.1. The van der Waals surface area contributed by atoms with Gasteiger partial charge in [-0.2, -0.15) is 0 Å². The molecule has 2 aromatic heterocycles. The minimum Gasteiger partial charge on any atom is -0.438 e. The first-order valence-corrected chi connectivity index (χ1v) is 8.67. The van der Waals surface area contributed by atoms with Crippen molar-refractivity contribution in [2.24, 2.45) is 0 Å². The van der Waals surface area contributed by atoms with Gasteiger partial charge >= 0.3 is 0 Å². The Bertz CT molecular complexity index is 974. The van der Waals surface area contributed by atoms with Gasteiger partial charge in [-0.15, -0.1) is 0 Å². The summed E-state index contributed by atoms with van der Waals surface area (Å²) in [4.78, 5) is 21.0. The average molecular weight is 351 g/mol. The van der Waals surface area contributed by atoms with Crippen molar-refractivity contribution < 1.29 is 9.15 Å². The Hall–Kier alpha value is -2.86. The fraction of sp³-hybridized carbons (Fsp3) is 0.300. The molecule has 6 heteroatoms. The van der Waals surface area contributed by atoms with Gasteiger partial charge in [0.05, 0.1) is 18.6 Å². The van der Waals surface area contributed by atoms with Crippen LogP contribution in [-0.2, 0) is 4.74 Å². The van der Waals surface area contributed by atoms with Crippen molar-refractivity contribution in [3.8, 4) is 11.3 Å². The molecule has 0 atom stereocenters. The molecular weight excluding hydrogens is 330 g/mol. The summed E-state index contributed by atoms with van der Waals surface area (Å²) in [5, 5.41) is 0.540. The predicted octanol–water partition coefficient (Wildman–Crippen LogP) is 2.76. The van der Waals surface area contributed by atoms with Crippen LogP contribution in [0.15, 0.2) is 51.8 Å². The smallest absolute Gasteiger partial charge is 0.199 e. The first kappa shape index (κ1) is 16.6. The van der Waals surface area contributed by atoms with Gasteiger partial charge in [0.15, 0.2) is 16.9 Å². The highest BCUT2D eigenvalue weighted by Gasteiger charge is 2.15. The molecule has 0 saturated carbocycles. The average Bonchev–Trinajstić information content (AvgIpc) is 2.68. The molecule has 0 N–H and O–H groups in total. The predicted molar refractivity (Wildman–Crippen MR) is 103 cm³/mol. The van der Waals surface area contributed by atoms with Gasteiger partial charge in [-0.3, -0.25) is 9.78 Å². The lowest BCUT2D eigenvalue weighted by Crippen LogP contribution is -2.36. The van der Waals surface area contributed by atoms with Crippen molar-refractivity contribution >= 4 is 22.5 Å². The Morgan fingerprint density at radius 3 is 2.50 bits per heavy atom. The van der Waals surface area contributed by atoms with E-state index in [1.807, 2.05) is 26.2 Å². The fourth-order valence-electron chi connectivity index (χ4n) is 3.15. The summed E-state index contributed by atoms with van der Waals surface area (Å²) in [5.41, 5.74) is 3.21. The van der Waals surface area contributed by atoms with Gasteiger partial charge < -0.3 is 19.0 Å². The summed E-state index contributed by atoms with van der Waals surface area (Å²) in [6, 6.07) is 11.4. The van der Waals surface area contributed by atoms with Gasteiger partial charge in [-0.05, 0) is 18.2 Å². The van der Waals surface area contributed by atoms with Crippen LogP contribution in [-0.4, -0.2) is 45.4 Å². The summed E-state index contributed by atoms with van der Waals surface area (Å²) >= 11 is 0. The number of fused-ring (bicyclic) bond motifs is 1. The Morgan fingerprint density at radius 2 is 1.81 bits per heavy atom. The molecule has 1 aromatic carbocycles. The molecule has 1 fully saturated rings. The zero-order valence-electron chi connectivity index (χ0n) is 14.9. The van der Waals surface area contributed by atoms with E-state index in [0.29, 0.717) is 22.5 Å². The Morgan fingerprint density at radius 1 is 1.08 bits per heavy atom. The van der Waals surface area contributed by atoms with Crippen molar-refractivity contribution in [2.75, 3.05) is 50.2 Å². The maximum absolute atomic E-state index is 12.4. The largest absolute Gasteiger partial charge is 0.438 e. The second-order valence-corrected chi connectivity index (χ2v) is 6.53. The molecule has 1 aliphatic rings. The number of ether oxygens (including phenoxy) is 1. The Labute approximate surface area is 151 Å². The summed E-state index contributed by atoms with van der Waals surface area (Å²) < 4.78 is 11.4. The van der Waals surface area contributed by atoms with E-state index in [4.69, 9.17) is 9.15 Å². The molecular formula is C20H21N3O3. The van der Waals surface area contributed by atoms with Crippen LogP contribution >= 0.6 is 0 Å². The number of morpholine rings is 1. The first-order chi connectivity index (χ1) is 12.6. The van der Waals surface area contributed by atoms with Crippen molar-refractivity contribution in [1.82, 2.24) is 4.98 Å². The van der Waals surface area contributed by atoms with Crippen LogP contribution in [0.5, 0.6) is 0 Å². The molecule has 0 unspecified atom stereocenters. The first-order valence-electron chi connectivity index (χ1n) is 8.67. The van der Waals surface area contributed by atoms with Gasteiger partial charge in [0.2, 0.25) is 0 Å². The Kier molecular flexibility index (Phi) is 4.34. The summed E-state index contributed by atoms with van der Waals surface area (Å²) in [5.74, 6) is 0.515. The van der Waals surface area contributed by atoms with E-state index in [1.165, 1.54) is 6.07 Å². The summed E-state index contributed by atoms with van der Waals surface area (Å²) in [6.45, 7) is 3.30. The minimum absolute atomic E-state index is 0.0662. The normalized spacial score (nSPS) is 14.6. The highest BCUT2D eigenvalue weighted by molar-refractivity contribution is 5.90. The van der Waals surface area contributed by atoms with Crippen LogP contribution in [0.3, 0.4) is 0 Å². The number of hydrogen-bond acceptors (Lipinski definition) is 6. The second-order valence-electron chi connectivity index (χ2n) is 6.53. The number of benzene rings is 1. The lowest BCUT2D eigenvalue weighted by Gasteiger charge is -2.28. The molecule has 6 nitrogen and oxygen atoms in total. The lowest BCUT2D eigenvalue weighted by atomic mass is 10.1. The summed E-state index contributed by atoms with van der Waals surface area (Å²) in [6.07, 6.45) is 1.65. The molecule has 0 spiro atoms. The highest BCUT2D eigenvalue weighted by Crippen LogP contribution is 2.29. The molecule has 0 amide bonds. The molecule has 0 bridgehead atoms. The van der Waals surface area contributed by atoms with Gasteiger partial charge in [-0.25, -0.2) is 0 Å². The maximum Gasteiger partial charge on any atom is 0.199 e. The van der Waals surface area contributed by atoms with Gasteiger partial charge in [0.25, 0.3) is 0 Å². The monoisotopic (exact) mass is 351 g/mol. The van der Waals surface area contributed by atoms with Crippen molar-refractivity contribution in [3.63, 3.8) is 0 Å². The van der Waals surface area contributed by atoms with Crippen LogP contribution < -0.4 is 15.2 Å². The number of rotatable bonds is 3. The van der Waals surface area contributed by atoms with Crippen molar-refractivity contribution in [3.05, 3.63) is 52.8 Å². The van der Waals surface area contributed by atoms with Crippen molar-refractivity contribution in [1.29, 1.82) is 0 Å². The highest BCUT2D eigenvalue weighted by atomic mass is 16.5. The van der Waals surface area contributed by atoms with E-state index in [2.05, 4.69) is 22.0 Å². The maximum atomic E-state index is 12.4. The third-order valence-electron chi connectivity index (χ3n) is 4.59. The quantitative estimate of drug-likeness (QED) is 0.723. The Balaban J connectivity index is 1.77. The van der Waals surface area contributed by atoms with E-state index < -0.39 is 0 Å². The summed E-state index contributed by atoms with van der Waals surface area (Å²) in [7, 11) is 3.69. The number of pyridine rings is 1. The molecule has 0 radical (unpaired) electrons. The van der Waals surface area contributed by atoms with Crippen LogP contribution in [0.1, 0.15) is 0 Å². The molecule has 3 heterocycles. The van der Waals surface area contributed by atoms with E-state index in [0.717, 1.165) is 37.6 Å². The van der Waals surface area contributed by atoms with Crippen molar-refractivity contribution in [2.45, 2.75) is 0 Å². The topological polar surface area (TPSA) is 58.8 Å². The number of hydrogen-bond donors (Lipinski definition) is 0. The van der Waals surface area contributed by atoms with E-state index >= 15 is 0 Å². The van der Waals surface area contributed by atoms with Gasteiger partial charge in [0.1, 0.15) is 5.69 Å². The standard InChI is InChI=1S/C20H21N3O3/c1-22(2)18-13-17(24)16-7-8-21-19(20(16)26-18)14-3-5-15(6-4-14)23-9-11-25-12-10-23/h3-8,13H,9-12H2,1-2H3. The lowest BCUT2D eigenvalue weighted by molar-refractivity contribution is 0.122. The molecule has 1 saturated heterocycles. The number of nitrogens with zero attached hydrogens (tertiary/aromatic N) is 3. The second kappa shape index (κ2) is 6.80. The van der Waals surface area contributed by atoms with Crippen LogP contribution in [0.2, 0.25) is 0 Å². The third-order valence-corrected chi connectivity index (χ3v) is 4.59. The molecule has 0 aliphatic carbocycles. The molecule has 4 rings (SSSR count). The molecule has 3 aromatic rings. The van der Waals surface area contributed by atoms with Crippen LogP contribution in [0.4, 0.5) is 11.6 Å².